The predicted molar refractivity (Wildman–Crippen MR) is 72.8 cm³/mol. The monoisotopic (exact) mass is 265 g/mol. The van der Waals surface area contributed by atoms with E-state index in [-0.39, 0.29) is 12.0 Å². The van der Waals surface area contributed by atoms with Crippen molar-refractivity contribution in [3.05, 3.63) is 27.4 Å². The Morgan fingerprint density at radius 3 is 2.76 bits per heavy atom. The Hall–Kier alpha value is -0.710. The highest BCUT2D eigenvalue weighted by Gasteiger charge is 2.40. The van der Waals surface area contributed by atoms with Gasteiger partial charge in [-0.3, -0.25) is 0 Å². The van der Waals surface area contributed by atoms with Crippen molar-refractivity contribution in [2.24, 2.45) is 0 Å². The van der Waals surface area contributed by atoms with E-state index in [4.69, 9.17) is 4.98 Å². The number of aryl methyl sites for hydroxylation is 1. The third-order valence-electron chi connectivity index (χ3n) is 3.67. The Morgan fingerprint density at radius 2 is 2.24 bits per heavy atom. The van der Waals surface area contributed by atoms with E-state index in [1.54, 1.807) is 22.7 Å². The van der Waals surface area contributed by atoms with Crippen molar-refractivity contribution >= 4 is 22.7 Å². The second-order valence-corrected chi connectivity index (χ2v) is 6.54. The second kappa shape index (κ2) is 4.19. The molecule has 4 heteroatoms. The minimum atomic E-state index is -0.0198. The molecule has 1 aliphatic carbocycles. The van der Waals surface area contributed by atoms with E-state index in [1.165, 1.54) is 16.9 Å². The first-order valence-electron chi connectivity index (χ1n) is 5.86. The number of aliphatic hydroxyl groups is 1. The van der Waals surface area contributed by atoms with Crippen molar-refractivity contribution in [2.75, 3.05) is 6.61 Å². The number of aromatic nitrogens is 1. The van der Waals surface area contributed by atoms with E-state index in [1.807, 2.05) is 0 Å². The summed E-state index contributed by atoms with van der Waals surface area (Å²) in [5.74, 6) is 0. The van der Waals surface area contributed by atoms with Crippen LogP contribution >= 0.6 is 22.7 Å². The lowest BCUT2D eigenvalue weighted by molar-refractivity contribution is 0.120. The molecule has 0 aromatic carbocycles. The molecule has 0 bridgehead atoms. The summed E-state index contributed by atoms with van der Waals surface area (Å²) in [6.45, 7) is 2.36. The summed E-state index contributed by atoms with van der Waals surface area (Å²) in [4.78, 5) is 6.01. The van der Waals surface area contributed by atoms with Gasteiger partial charge in [0.1, 0.15) is 5.01 Å². The molecule has 2 nitrogen and oxygen atoms in total. The third-order valence-corrected chi connectivity index (χ3v) is 5.79. The molecule has 17 heavy (non-hydrogen) atoms. The average Bonchev–Trinajstić information content (AvgIpc) is 2.86. The van der Waals surface area contributed by atoms with Crippen LogP contribution in [0, 0.1) is 6.92 Å². The van der Waals surface area contributed by atoms with Gasteiger partial charge in [0.25, 0.3) is 0 Å². The zero-order valence-corrected chi connectivity index (χ0v) is 11.4. The summed E-state index contributed by atoms with van der Waals surface area (Å²) in [6, 6.07) is 2.13. The molecule has 1 aliphatic rings. The zero-order valence-electron chi connectivity index (χ0n) is 9.77. The van der Waals surface area contributed by atoms with Crippen LogP contribution in [0.3, 0.4) is 0 Å². The molecule has 2 aromatic heterocycles. The van der Waals surface area contributed by atoms with Gasteiger partial charge in [0.05, 0.1) is 17.2 Å². The van der Waals surface area contributed by atoms with E-state index in [0.29, 0.717) is 0 Å². The number of hydrogen-bond acceptors (Lipinski definition) is 4. The Labute approximate surface area is 109 Å². The van der Waals surface area contributed by atoms with Crippen LogP contribution in [0.1, 0.15) is 29.8 Å². The van der Waals surface area contributed by atoms with Crippen LogP contribution in [-0.2, 0) is 5.41 Å². The summed E-state index contributed by atoms with van der Waals surface area (Å²) in [5, 5.41) is 14.9. The molecule has 1 saturated carbocycles. The molecular formula is C13H15NOS2. The lowest BCUT2D eigenvalue weighted by Crippen LogP contribution is -2.37. The van der Waals surface area contributed by atoms with Gasteiger partial charge >= 0.3 is 0 Å². The van der Waals surface area contributed by atoms with Gasteiger partial charge in [0.15, 0.2) is 0 Å². The molecule has 2 heterocycles. The van der Waals surface area contributed by atoms with Crippen molar-refractivity contribution in [1.82, 2.24) is 4.98 Å². The van der Waals surface area contributed by atoms with Crippen molar-refractivity contribution in [2.45, 2.75) is 31.6 Å². The van der Waals surface area contributed by atoms with Crippen molar-refractivity contribution < 1.29 is 5.11 Å². The van der Waals surface area contributed by atoms with Crippen LogP contribution in [0.25, 0.3) is 10.6 Å². The largest absolute Gasteiger partial charge is 0.395 e. The lowest BCUT2D eigenvalue weighted by Gasteiger charge is -2.38. The normalized spacial score (nSPS) is 18.0. The van der Waals surface area contributed by atoms with Crippen molar-refractivity contribution in [3.63, 3.8) is 0 Å². The maximum Gasteiger partial charge on any atom is 0.102 e. The zero-order chi connectivity index (χ0) is 11.9. The summed E-state index contributed by atoms with van der Waals surface area (Å²) in [6.07, 6.45) is 3.38. The maximum atomic E-state index is 9.55. The highest BCUT2D eigenvalue weighted by molar-refractivity contribution is 7.14. The topological polar surface area (TPSA) is 33.1 Å². The maximum absolute atomic E-state index is 9.55. The summed E-state index contributed by atoms with van der Waals surface area (Å²) >= 11 is 3.44. The van der Waals surface area contributed by atoms with Gasteiger partial charge in [0, 0.05) is 10.8 Å². The number of rotatable bonds is 3. The Balaban J connectivity index is 1.96. The SMILES string of the molecule is Cc1ccsc1-c1csc(C2(CO)CCC2)n1. The van der Waals surface area contributed by atoms with E-state index >= 15 is 0 Å². The lowest BCUT2D eigenvalue weighted by atomic mass is 9.70. The molecule has 0 aliphatic heterocycles. The summed E-state index contributed by atoms with van der Waals surface area (Å²) < 4.78 is 0. The minimum Gasteiger partial charge on any atom is -0.395 e. The van der Waals surface area contributed by atoms with Gasteiger partial charge in [-0.15, -0.1) is 22.7 Å². The predicted octanol–water partition coefficient (Wildman–Crippen LogP) is 3.59. The molecule has 0 unspecified atom stereocenters. The van der Waals surface area contributed by atoms with Gasteiger partial charge in [-0.25, -0.2) is 4.98 Å². The summed E-state index contributed by atoms with van der Waals surface area (Å²) in [7, 11) is 0. The number of thiazole rings is 1. The molecule has 2 aromatic rings. The molecule has 0 atom stereocenters. The van der Waals surface area contributed by atoms with Crippen LogP contribution in [0.2, 0.25) is 0 Å². The highest BCUT2D eigenvalue weighted by atomic mass is 32.1. The molecule has 3 rings (SSSR count). The fourth-order valence-electron chi connectivity index (χ4n) is 2.30. The third kappa shape index (κ3) is 1.75. The molecule has 0 saturated heterocycles. The molecule has 0 spiro atoms. The second-order valence-electron chi connectivity index (χ2n) is 4.76. The van der Waals surface area contributed by atoms with Gasteiger partial charge < -0.3 is 5.11 Å². The smallest absolute Gasteiger partial charge is 0.102 e. The fraction of sp³-hybridized carbons (Fsp3) is 0.462. The van der Waals surface area contributed by atoms with Crippen LogP contribution in [0.4, 0.5) is 0 Å². The molecule has 0 amide bonds. The standard InChI is InChI=1S/C13H15NOS2/c1-9-3-6-16-11(9)10-7-17-12(14-10)13(8-15)4-2-5-13/h3,6-7,15H,2,4-5,8H2,1H3. The molecule has 1 N–H and O–H groups in total. The molecular weight excluding hydrogens is 250 g/mol. The Kier molecular flexibility index (Phi) is 2.81. The van der Waals surface area contributed by atoms with Crippen molar-refractivity contribution in [3.8, 4) is 10.6 Å². The first kappa shape index (κ1) is 11.4. The Morgan fingerprint density at radius 1 is 1.41 bits per heavy atom. The van der Waals surface area contributed by atoms with E-state index in [9.17, 15) is 5.11 Å². The van der Waals surface area contributed by atoms with Gasteiger partial charge in [0.2, 0.25) is 0 Å². The van der Waals surface area contributed by atoms with Crippen LogP contribution in [0.5, 0.6) is 0 Å². The minimum absolute atomic E-state index is 0.0198. The van der Waals surface area contributed by atoms with Gasteiger partial charge in [-0.1, -0.05) is 6.42 Å². The average molecular weight is 265 g/mol. The molecule has 0 radical (unpaired) electrons. The van der Waals surface area contributed by atoms with Crippen LogP contribution in [-0.4, -0.2) is 16.7 Å². The first-order chi connectivity index (χ1) is 8.25. The van der Waals surface area contributed by atoms with Gasteiger partial charge in [-0.2, -0.15) is 0 Å². The van der Waals surface area contributed by atoms with Gasteiger partial charge in [-0.05, 0) is 36.8 Å². The number of hydrogen-bond donors (Lipinski definition) is 1. The molecule has 1 fully saturated rings. The number of nitrogens with zero attached hydrogens (tertiary/aromatic N) is 1. The van der Waals surface area contributed by atoms with E-state index in [0.717, 1.165) is 23.5 Å². The van der Waals surface area contributed by atoms with Crippen molar-refractivity contribution in [1.29, 1.82) is 0 Å². The van der Waals surface area contributed by atoms with E-state index < -0.39 is 0 Å². The Bertz CT molecular complexity index is 520. The fourth-order valence-corrected chi connectivity index (χ4v) is 4.33. The van der Waals surface area contributed by atoms with Crippen LogP contribution < -0.4 is 0 Å². The first-order valence-corrected chi connectivity index (χ1v) is 7.62. The number of aliphatic hydroxyl groups excluding tert-OH is 1. The molecule has 90 valence electrons. The quantitative estimate of drug-likeness (QED) is 0.920. The van der Waals surface area contributed by atoms with E-state index in [2.05, 4.69) is 23.8 Å². The number of thiophene rings is 1. The van der Waals surface area contributed by atoms with Crippen LogP contribution in [0.15, 0.2) is 16.8 Å². The summed E-state index contributed by atoms with van der Waals surface area (Å²) in [5.41, 5.74) is 2.35. The highest BCUT2D eigenvalue weighted by Crippen LogP contribution is 2.45.